The van der Waals surface area contributed by atoms with Gasteiger partial charge < -0.3 is 4.74 Å². The van der Waals surface area contributed by atoms with Crippen molar-refractivity contribution in [3.05, 3.63) is 28.0 Å². The molecule has 2 N–H and O–H groups in total. The molecule has 0 aliphatic heterocycles. The fourth-order valence-corrected chi connectivity index (χ4v) is 1.45. The first-order chi connectivity index (χ1) is 6.19. The molecule has 0 amide bonds. The third-order valence-corrected chi connectivity index (χ3v) is 2.00. The summed E-state index contributed by atoms with van der Waals surface area (Å²) in [4.78, 5) is 4.35. The zero-order chi connectivity index (χ0) is 9.84. The van der Waals surface area contributed by atoms with Crippen molar-refractivity contribution in [1.29, 1.82) is 0 Å². The van der Waals surface area contributed by atoms with E-state index in [1.165, 1.54) is 13.2 Å². The van der Waals surface area contributed by atoms with Crippen LogP contribution in [0.4, 0.5) is 4.39 Å². The van der Waals surface area contributed by atoms with Crippen molar-refractivity contribution in [3.63, 3.8) is 0 Å². The van der Waals surface area contributed by atoms with Gasteiger partial charge in [-0.25, -0.2) is 10.3 Å². The molecule has 0 fully saturated rings. The predicted octanol–water partition coefficient (Wildman–Crippen LogP) is 1.99. The van der Waals surface area contributed by atoms with Crippen LogP contribution < -0.4 is 10.6 Å². The maximum absolute atomic E-state index is 13.4. The summed E-state index contributed by atoms with van der Waals surface area (Å²) < 4.78 is 18.9. The van der Waals surface area contributed by atoms with Gasteiger partial charge in [0, 0.05) is 10.0 Å². The first-order valence-electron chi connectivity index (χ1n) is 3.52. The molecule has 72 valence electrons. The number of hydrogen-bond acceptors (Lipinski definition) is 3. The van der Waals surface area contributed by atoms with Crippen molar-refractivity contribution >= 4 is 15.9 Å². The molecule has 0 radical (unpaired) electrons. The zero-order valence-corrected chi connectivity index (χ0v) is 8.60. The summed E-state index contributed by atoms with van der Waals surface area (Å²) in [6.07, 6.45) is 0. The van der Waals surface area contributed by atoms with Crippen LogP contribution in [0.1, 0.15) is 5.56 Å². The van der Waals surface area contributed by atoms with E-state index in [-0.39, 0.29) is 12.4 Å². The lowest BCUT2D eigenvalue weighted by Crippen LogP contribution is -2.02. The van der Waals surface area contributed by atoms with E-state index in [0.29, 0.717) is 5.56 Å². The highest BCUT2D eigenvalue weighted by atomic mass is 79.9. The zero-order valence-electron chi connectivity index (χ0n) is 7.01. The topological polar surface area (TPSA) is 44.5 Å². The maximum atomic E-state index is 13.4. The smallest absolute Gasteiger partial charge is 0.170 e. The maximum Gasteiger partial charge on any atom is 0.170 e. The van der Waals surface area contributed by atoms with E-state index in [4.69, 9.17) is 10.6 Å². The lowest BCUT2D eigenvalue weighted by molar-refractivity contribution is 0.121. The lowest BCUT2D eigenvalue weighted by Gasteiger charge is -2.07. The highest BCUT2D eigenvalue weighted by Crippen LogP contribution is 2.26. The molecule has 0 spiro atoms. The molecule has 0 aliphatic rings. The van der Waals surface area contributed by atoms with E-state index < -0.39 is 5.82 Å². The van der Waals surface area contributed by atoms with Crippen molar-refractivity contribution < 1.29 is 14.0 Å². The first kappa shape index (κ1) is 10.4. The molecule has 0 unspecified atom stereocenters. The lowest BCUT2D eigenvalue weighted by atomic mass is 10.2. The molecular weight excluding hydrogens is 241 g/mol. The van der Waals surface area contributed by atoms with Gasteiger partial charge in [0.2, 0.25) is 0 Å². The monoisotopic (exact) mass is 249 g/mol. The van der Waals surface area contributed by atoms with E-state index in [0.717, 1.165) is 4.47 Å². The second kappa shape index (κ2) is 4.55. The van der Waals surface area contributed by atoms with Gasteiger partial charge in [-0.15, -0.1) is 0 Å². The molecule has 0 saturated carbocycles. The molecule has 0 aromatic heterocycles. The molecular formula is C8H9BrFNO2. The van der Waals surface area contributed by atoms with Crippen LogP contribution in [-0.4, -0.2) is 7.11 Å². The first-order valence-corrected chi connectivity index (χ1v) is 4.32. The fourth-order valence-electron chi connectivity index (χ4n) is 0.962. The van der Waals surface area contributed by atoms with Gasteiger partial charge in [-0.2, -0.15) is 0 Å². The van der Waals surface area contributed by atoms with Gasteiger partial charge in [0.1, 0.15) is 0 Å². The minimum Gasteiger partial charge on any atom is -0.494 e. The van der Waals surface area contributed by atoms with Gasteiger partial charge in [-0.1, -0.05) is 15.9 Å². The summed E-state index contributed by atoms with van der Waals surface area (Å²) in [5, 5.41) is 0. The number of nitrogens with two attached hydrogens (primary N) is 1. The van der Waals surface area contributed by atoms with E-state index in [1.807, 2.05) is 0 Å². The van der Waals surface area contributed by atoms with Gasteiger partial charge in [0.25, 0.3) is 0 Å². The van der Waals surface area contributed by atoms with Crippen molar-refractivity contribution in [2.45, 2.75) is 6.61 Å². The summed E-state index contributed by atoms with van der Waals surface area (Å²) in [5.41, 5.74) is 0.355. The van der Waals surface area contributed by atoms with Gasteiger partial charge in [0.15, 0.2) is 11.6 Å². The molecule has 0 saturated heterocycles. The summed E-state index contributed by atoms with van der Waals surface area (Å²) in [6, 6.07) is 3.13. The van der Waals surface area contributed by atoms with Crippen LogP contribution in [0.3, 0.4) is 0 Å². The normalized spacial score (nSPS) is 10.2. The molecule has 13 heavy (non-hydrogen) atoms. The van der Waals surface area contributed by atoms with Crippen LogP contribution in [0, 0.1) is 5.82 Å². The Hall–Kier alpha value is -0.650. The van der Waals surface area contributed by atoms with Crippen molar-refractivity contribution in [1.82, 2.24) is 0 Å². The van der Waals surface area contributed by atoms with Crippen LogP contribution in [0.25, 0.3) is 0 Å². The van der Waals surface area contributed by atoms with Crippen LogP contribution in [0.15, 0.2) is 16.6 Å². The standard InChI is InChI=1S/C8H9BrFNO2/c1-12-7-3-6(9)2-5(4-13-11)8(7)10/h2-3H,4,11H2,1H3. The number of halogens is 2. The Morgan fingerprint density at radius 2 is 2.23 bits per heavy atom. The number of rotatable bonds is 3. The van der Waals surface area contributed by atoms with E-state index in [2.05, 4.69) is 20.8 Å². The second-order valence-corrected chi connectivity index (χ2v) is 3.31. The van der Waals surface area contributed by atoms with E-state index >= 15 is 0 Å². The van der Waals surface area contributed by atoms with Gasteiger partial charge in [-0.05, 0) is 12.1 Å². The molecule has 0 aliphatic carbocycles. The van der Waals surface area contributed by atoms with Crippen LogP contribution in [0.5, 0.6) is 5.75 Å². The van der Waals surface area contributed by atoms with Crippen molar-refractivity contribution in [2.24, 2.45) is 5.90 Å². The Kier molecular flexibility index (Phi) is 3.65. The van der Waals surface area contributed by atoms with Gasteiger partial charge >= 0.3 is 0 Å². The van der Waals surface area contributed by atoms with Gasteiger partial charge in [0.05, 0.1) is 13.7 Å². The minimum atomic E-state index is -0.448. The quantitative estimate of drug-likeness (QED) is 0.834. The molecule has 1 aromatic rings. The Labute approximate surface area is 83.7 Å². The Balaban J connectivity index is 3.11. The number of benzene rings is 1. The highest BCUT2D eigenvalue weighted by molar-refractivity contribution is 9.10. The number of hydrogen-bond donors (Lipinski definition) is 1. The van der Waals surface area contributed by atoms with Crippen LogP contribution in [-0.2, 0) is 11.4 Å². The van der Waals surface area contributed by atoms with Crippen molar-refractivity contribution in [2.75, 3.05) is 7.11 Å². The highest BCUT2D eigenvalue weighted by Gasteiger charge is 2.10. The average Bonchev–Trinajstić information content (AvgIpc) is 2.11. The molecule has 5 heteroatoms. The van der Waals surface area contributed by atoms with Gasteiger partial charge in [-0.3, -0.25) is 4.84 Å². The summed E-state index contributed by atoms with van der Waals surface area (Å²) in [6.45, 7) is 0.0155. The summed E-state index contributed by atoms with van der Waals surface area (Å²) >= 11 is 3.21. The number of methoxy groups -OCH3 is 1. The molecule has 0 atom stereocenters. The number of ether oxygens (including phenoxy) is 1. The Morgan fingerprint density at radius 1 is 1.54 bits per heavy atom. The van der Waals surface area contributed by atoms with E-state index in [9.17, 15) is 4.39 Å². The fraction of sp³-hybridized carbons (Fsp3) is 0.250. The minimum absolute atomic E-state index is 0.0155. The second-order valence-electron chi connectivity index (χ2n) is 2.39. The van der Waals surface area contributed by atoms with E-state index in [1.54, 1.807) is 6.07 Å². The summed E-state index contributed by atoms with van der Waals surface area (Å²) in [5.74, 6) is 4.57. The van der Waals surface area contributed by atoms with Crippen molar-refractivity contribution in [3.8, 4) is 5.75 Å². The average molecular weight is 250 g/mol. The predicted molar refractivity (Wildman–Crippen MR) is 49.6 cm³/mol. The molecule has 1 aromatic carbocycles. The van der Waals surface area contributed by atoms with Crippen LogP contribution >= 0.6 is 15.9 Å². The largest absolute Gasteiger partial charge is 0.494 e. The molecule has 0 heterocycles. The van der Waals surface area contributed by atoms with Crippen LogP contribution in [0.2, 0.25) is 0 Å². The Bertz CT molecular complexity index is 306. The SMILES string of the molecule is COc1cc(Br)cc(CON)c1F. The molecule has 0 bridgehead atoms. The third-order valence-electron chi connectivity index (χ3n) is 1.54. The Morgan fingerprint density at radius 3 is 2.77 bits per heavy atom. The molecule has 3 nitrogen and oxygen atoms in total. The third kappa shape index (κ3) is 2.40. The summed E-state index contributed by atoms with van der Waals surface area (Å²) in [7, 11) is 1.40. The molecule has 1 rings (SSSR count).